The normalized spacial score (nSPS) is 10.6. The average Bonchev–Trinajstić information content (AvgIpc) is 3.81. The van der Waals surface area contributed by atoms with Gasteiger partial charge in [-0.1, -0.05) is 18.2 Å². The lowest BCUT2D eigenvalue weighted by molar-refractivity contribution is -0.112. The van der Waals surface area contributed by atoms with Crippen LogP contribution in [0.3, 0.4) is 0 Å². The summed E-state index contributed by atoms with van der Waals surface area (Å²) in [6, 6.07) is 9.35. The predicted molar refractivity (Wildman–Crippen MR) is 196 cm³/mol. The van der Waals surface area contributed by atoms with Crippen molar-refractivity contribution in [2.75, 3.05) is 27.8 Å². The summed E-state index contributed by atoms with van der Waals surface area (Å²) in [5.74, 6) is -2.50. The Kier molecular flexibility index (Phi) is 11.4. The fourth-order valence-electron chi connectivity index (χ4n) is 4.95. The van der Waals surface area contributed by atoms with Crippen LogP contribution in [0.15, 0.2) is 66.6 Å². The Hall–Kier alpha value is -6.33. The van der Waals surface area contributed by atoms with E-state index in [0.29, 0.717) is 39.5 Å². The molecule has 0 aliphatic heterocycles. The lowest BCUT2D eigenvalue weighted by Gasteiger charge is -2.04. The maximum atomic E-state index is 13.2. The van der Waals surface area contributed by atoms with Crippen LogP contribution in [-0.4, -0.2) is 65.6 Å². The van der Waals surface area contributed by atoms with Crippen LogP contribution in [-0.2, 0) is 25.9 Å². The number of aromatic nitrogens is 5. The quantitative estimate of drug-likeness (QED) is 0.0538. The van der Waals surface area contributed by atoms with Gasteiger partial charge in [-0.2, -0.15) is 0 Å². The largest absolute Gasteiger partial charge is 0.388 e. The molecule has 266 valence electrons. The van der Waals surface area contributed by atoms with Gasteiger partial charge in [0.2, 0.25) is 0 Å². The summed E-state index contributed by atoms with van der Waals surface area (Å²) in [5, 5.41) is 20.6. The van der Waals surface area contributed by atoms with Gasteiger partial charge in [0.1, 0.15) is 17.1 Å². The lowest BCUT2D eigenvalue weighted by atomic mass is 10.3. The van der Waals surface area contributed by atoms with Crippen LogP contribution in [0.1, 0.15) is 48.5 Å². The van der Waals surface area contributed by atoms with Gasteiger partial charge in [0.15, 0.2) is 5.82 Å². The number of nitrogens with zero attached hydrogens (tertiary/aromatic N) is 4. The Morgan fingerprint density at radius 2 is 1.27 bits per heavy atom. The van der Waals surface area contributed by atoms with Gasteiger partial charge in [-0.05, 0) is 36.4 Å². The van der Waals surface area contributed by atoms with Gasteiger partial charge in [0.25, 0.3) is 29.5 Å². The Morgan fingerprint density at radius 3 is 1.76 bits per heavy atom. The zero-order valence-electron chi connectivity index (χ0n) is 27.5. The van der Waals surface area contributed by atoms with Crippen LogP contribution < -0.4 is 32.3 Å². The van der Waals surface area contributed by atoms with Crippen LogP contribution in [0.5, 0.6) is 0 Å². The van der Waals surface area contributed by atoms with Gasteiger partial charge in [0.05, 0.1) is 39.0 Å². The maximum absolute atomic E-state index is 13.2. The summed E-state index contributed by atoms with van der Waals surface area (Å²) >= 11 is 5.62. The minimum atomic E-state index is -0.563. The third-order valence-corrected chi connectivity index (χ3v) is 7.54. The minimum Gasteiger partial charge on any atom is -0.388 e. The summed E-state index contributed by atoms with van der Waals surface area (Å²) in [7, 11) is 4.94. The standard InChI is InChI=1S/C32H33ClN12O5.ClH/c1-16(33)28(46)37-17-5-6-21-22(9-17)42-27(41-21)32(50)40-20-12-25(45(4)15-20)31(49)39-19-11-24(44(3)14-19)30(48)38-18-10-23(43(2)13-18)29(47)36-8-7-26(34)35;/h5-6,9-15H,1,7-8H2,2-4H3,(H3,34,35)(H,36,47)(H,37,46)(H,38,48)(H,39,49)(H,40,50)(H,41,42);1H. The first kappa shape index (κ1) is 37.5. The molecule has 0 aliphatic carbocycles. The molecule has 17 nitrogen and oxygen atoms in total. The number of amides is 5. The SMILES string of the molecule is C=C(Cl)C(=O)Nc1ccc2[nH]c(C(=O)Nc3cc(C(=O)Nc4cc(C(=O)Nc5cc(C(=O)NCCC(=N)N)n(C)c5)n(C)c4)n(C)c3)nc2c1.Cl. The number of imidazole rings is 1. The number of aromatic amines is 1. The number of carbonyl (C=O) groups excluding carboxylic acids is 5. The Bertz CT molecular complexity index is 2210. The van der Waals surface area contributed by atoms with Crippen molar-refractivity contribution in [3.63, 3.8) is 0 Å². The van der Waals surface area contributed by atoms with E-state index in [9.17, 15) is 24.0 Å². The van der Waals surface area contributed by atoms with Gasteiger partial charge in [-0.3, -0.25) is 29.4 Å². The Morgan fingerprint density at radius 1 is 0.784 bits per heavy atom. The molecule has 0 unspecified atom stereocenters. The molecule has 5 aromatic rings. The number of carbonyl (C=O) groups is 5. The zero-order chi connectivity index (χ0) is 36.3. The van der Waals surface area contributed by atoms with Crippen LogP contribution in [0, 0.1) is 5.41 Å². The molecule has 0 spiro atoms. The highest BCUT2D eigenvalue weighted by Gasteiger charge is 2.20. The van der Waals surface area contributed by atoms with Crippen molar-refractivity contribution in [2.24, 2.45) is 26.9 Å². The van der Waals surface area contributed by atoms with Gasteiger partial charge in [-0.15, -0.1) is 12.4 Å². The number of anilines is 4. The maximum Gasteiger partial charge on any atom is 0.291 e. The molecule has 0 radical (unpaired) electrons. The molecule has 4 heterocycles. The molecule has 0 saturated carbocycles. The van der Waals surface area contributed by atoms with E-state index in [4.69, 9.17) is 22.7 Å². The van der Waals surface area contributed by atoms with Crippen molar-refractivity contribution in [1.82, 2.24) is 29.0 Å². The first-order valence-corrected chi connectivity index (χ1v) is 15.3. The topological polar surface area (TPSA) is 239 Å². The molecule has 1 aromatic carbocycles. The summed E-state index contributed by atoms with van der Waals surface area (Å²) in [4.78, 5) is 70.8. The molecular weight excluding hydrogens is 703 g/mol. The second-order valence-corrected chi connectivity index (χ2v) is 11.7. The van der Waals surface area contributed by atoms with Gasteiger partial charge >= 0.3 is 0 Å². The second kappa shape index (κ2) is 15.5. The van der Waals surface area contributed by atoms with Gasteiger partial charge in [-0.25, -0.2) is 4.98 Å². The summed E-state index contributed by atoms with van der Waals surface area (Å²) in [6.45, 7) is 3.59. The molecule has 5 rings (SSSR count). The van der Waals surface area contributed by atoms with Crippen molar-refractivity contribution >= 4 is 93.2 Å². The number of nitrogens with two attached hydrogens (primary N) is 1. The summed E-state index contributed by atoms with van der Waals surface area (Å²) in [5.41, 5.74) is 8.55. The van der Waals surface area contributed by atoms with E-state index in [1.165, 1.54) is 22.8 Å². The molecule has 0 bridgehead atoms. The average molecular weight is 738 g/mol. The Balaban J connectivity index is 0.00000583. The van der Waals surface area contributed by atoms with E-state index in [1.54, 1.807) is 67.1 Å². The smallest absolute Gasteiger partial charge is 0.291 e. The van der Waals surface area contributed by atoms with E-state index >= 15 is 0 Å². The second-order valence-electron chi connectivity index (χ2n) is 11.2. The third kappa shape index (κ3) is 8.83. The summed E-state index contributed by atoms with van der Waals surface area (Å²) < 4.78 is 4.63. The number of hydrogen-bond acceptors (Lipinski definition) is 7. The number of nitrogens with one attached hydrogen (secondary N) is 7. The van der Waals surface area contributed by atoms with Gasteiger partial charge in [0, 0.05) is 58.4 Å². The zero-order valence-corrected chi connectivity index (χ0v) is 29.1. The van der Waals surface area contributed by atoms with Crippen molar-refractivity contribution in [2.45, 2.75) is 6.42 Å². The molecule has 9 N–H and O–H groups in total. The number of hydrogen-bond donors (Lipinski definition) is 8. The number of rotatable bonds is 12. The molecule has 4 aromatic heterocycles. The molecule has 51 heavy (non-hydrogen) atoms. The van der Waals surface area contributed by atoms with Crippen LogP contribution in [0.4, 0.5) is 22.7 Å². The van der Waals surface area contributed by atoms with Crippen molar-refractivity contribution in [1.29, 1.82) is 5.41 Å². The predicted octanol–water partition coefficient (Wildman–Crippen LogP) is 3.50. The van der Waals surface area contributed by atoms with Crippen LogP contribution in [0.25, 0.3) is 11.0 Å². The van der Waals surface area contributed by atoms with E-state index in [2.05, 4.69) is 43.1 Å². The number of H-pyrrole nitrogens is 1. The Labute approximate surface area is 301 Å². The molecule has 0 atom stereocenters. The highest BCUT2D eigenvalue weighted by atomic mass is 35.5. The molecule has 0 saturated heterocycles. The van der Waals surface area contributed by atoms with E-state index in [1.807, 2.05) is 0 Å². The van der Waals surface area contributed by atoms with Crippen molar-refractivity contribution in [3.8, 4) is 0 Å². The lowest BCUT2D eigenvalue weighted by Crippen LogP contribution is -2.28. The van der Waals surface area contributed by atoms with E-state index < -0.39 is 23.6 Å². The number of fused-ring (bicyclic) bond motifs is 1. The van der Waals surface area contributed by atoms with Crippen LogP contribution >= 0.6 is 24.0 Å². The fraction of sp³-hybridized carbons (Fsp3) is 0.156. The van der Waals surface area contributed by atoms with Crippen LogP contribution in [0.2, 0.25) is 0 Å². The van der Waals surface area contributed by atoms with E-state index in [-0.39, 0.29) is 59.4 Å². The molecular formula is C32H34Cl2N12O5. The number of amidine groups is 1. The monoisotopic (exact) mass is 736 g/mol. The minimum absolute atomic E-state index is 0. The van der Waals surface area contributed by atoms with Crippen molar-refractivity contribution < 1.29 is 24.0 Å². The third-order valence-electron chi connectivity index (χ3n) is 7.37. The molecule has 5 amide bonds. The van der Waals surface area contributed by atoms with E-state index in [0.717, 1.165) is 0 Å². The molecule has 19 heteroatoms. The first-order valence-electron chi connectivity index (χ1n) is 14.9. The number of halogens is 2. The van der Waals surface area contributed by atoms with Gasteiger partial charge < -0.3 is 51.0 Å². The number of benzene rings is 1. The highest BCUT2D eigenvalue weighted by molar-refractivity contribution is 6.43. The fourth-order valence-corrected chi connectivity index (χ4v) is 4.99. The highest BCUT2D eigenvalue weighted by Crippen LogP contribution is 2.22. The number of aryl methyl sites for hydroxylation is 3. The summed E-state index contributed by atoms with van der Waals surface area (Å²) in [6.07, 6.45) is 4.94. The molecule has 0 fully saturated rings. The van der Waals surface area contributed by atoms with Crippen molar-refractivity contribution in [3.05, 3.63) is 89.5 Å². The first-order chi connectivity index (χ1) is 23.7. The molecule has 0 aliphatic rings.